The molecular formula is C21H17F3N4O. The van der Waals surface area contributed by atoms with Crippen LogP contribution in [0.4, 0.5) is 19.0 Å². The summed E-state index contributed by atoms with van der Waals surface area (Å²) in [6, 6.07) is 12.0. The van der Waals surface area contributed by atoms with Gasteiger partial charge in [0, 0.05) is 43.8 Å². The van der Waals surface area contributed by atoms with E-state index in [1.807, 2.05) is 17.0 Å². The van der Waals surface area contributed by atoms with Crippen molar-refractivity contribution in [1.82, 2.24) is 15.0 Å². The fourth-order valence-corrected chi connectivity index (χ4v) is 3.16. The number of nitrogens with zero attached hydrogens (tertiary/aromatic N) is 4. The summed E-state index contributed by atoms with van der Waals surface area (Å²) in [6.45, 7) is 1.09. The van der Waals surface area contributed by atoms with Gasteiger partial charge in [-0.05, 0) is 24.3 Å². The SMILES string of the molecule is O=C1CCN(c2cc(-c3ccccn3)nc(-c3ccc(C(F)(F)F)cc3)n2)CC1. The van der Waals surface area contributed by atoms with Crippen molar-refractivity contribution in [2.45, 2.75) is 19.0 Å². The standard InChI is InChI=1S/C21H17F3N4O/c22-21(23,24)15-6-4-14(5-7-15)20-26-18(17-3-1-2-10-25-17)13-19(27-20)28-11-8-16(29)9-12-28/h1-7,10,13H,8-9,11-12H2. The van der Waals surface area contributed by atoms with E-state index < -0.39 is 11.7 Å². The van der Waals surface area contributed by atoms with Gasteiger partial charge in [0.05, 0.1) is 17.0 Å². The highest BCUT2D eigenvalue weighted by atomic mass is 19.4. The second kappa shape index (κ2) is 7.62. The van der Waals surface area contributed by atoms with Crippen molar-refractivity contribution < 1.29 is 18.0 Å². The molecule has 1 aliphatic rings. The summed E-state index contributed by atoms with van der Waals surface area (Å²) < 4.78 is 38.6. The Morgan fingerprint density at radius 2 is 1.62 bits per heavy atom. The smallest absolute Gasteiger partial charge is 0.356 e. The van der Waals surface area contributed by atoms with Gasteiger partial charge in [-0.15, -0.1) is 0 Å². The zero-order valence-electron chi connectivity index (χ0n) is 15.4. The number of carbonyl (C=O) groups is 1. The van der Waals surface area contributed by atoms with Gasteiger partial charge in [0.25, 0.3) is 0 Å². The lowest BCUT2D eigenvalue weighted by Gasteiger charge is -2.27. The number of alkyl halides is 3. The molecule has 1 saturated heterocycles. The van der Waals surface area contributed by atoms with Crippen LogP contribution < -0.4 is 4.90 Å². The normalized spacial score (nSPS) is 14.9. The van der Waals surface area contributed by atoms with Gasteiger partial charge in [-0.3, -0.25) is 9.78 Å². The van der Waals surface area contributed by atoms with Crippen LogP contribution in [0.5, 0.6) is 0 Å². The Balaban J connectivity index is 1.76. The molecule has 0 atom stereocenters. The Kier molecular flexibility index (Phi) is 5.00. The van der Waals surface area contributed by atoms with E-state index in [-0.39, 0.29) is 5.78 Å². The second-order valence-corrected chi connectivity index (χ2v) is 6.75. The van der Waals surface area contributed by atoms with Crippen LogP contribution in [0.25, 0.3) is 22.8 Å². The van der Waals surface area contributed by atoms with Gasteiger partial charge in [-0.1, -0.05) is 18.2 Å². The Hall–Kier alpha value is -3.29. The molecule has 1 fully saturated rings. The van der Waals surface area contributed by atoms with Crippen molar-refractivity contribution in [3.05, 3.63) is 60.3 Å². The van der Waals surface area contributed by atoms with Crippen LogP contribution in [0.1, 0.15) is 18.4 Å². The van der Waals surface area contributed by atoms with Crippen LogP contribution in [-0.4, -0.2) is 33.8 Å². The minimum Gasteiger partial charge on any atom is -0.356 e. The van der Waals surface area contributed by atoms with E-state index in [1.54, 1.807) is 18.3 Å². The van der Waals surface area contributed by atoms with Crippen LogP contribution in [0.2, 0.25) is 0 Å². The van der Waals surface area contributed by atoms with Crippen molar-refractivity contribution in [2.75, 3.05) is 18.0 Å². The number of halogens is 3. The van der Waals surface area contributed by atoms with Crippen LogP contribution in [0, 0.1) is 0 Å². The number of carbonyl (C=O) groups excluding carboxylic acids is 1. The number of pyridine rings is 1. The summed E-state index contributed by atoms with van der Waals surface area (Å²) in [5.74, 6) is 1.15. The van der Waals surface area contributed by atoms with Gasteiger partial charge < -0.3 is 4.90 Å². The summed E-state index contributed by atoms with van der Waals surface area (Å²) in [5.41, 5.74) is 0.960. The molecule has 5 nitrogen and oxygen atoms in total. The summed E-state index contributed by atoms with van der Waals surface area (Å²) in [5, 5.41) is 0. The molecule has 0 unspecified atom stereocenters. The van der Waals surface area contributed by atoms with E-state index in [4.69, 9.17) is 0 Å². The van der Waals surface area contributed by atoms with Gasteiger partial charge in [-0.2, -0.15) is 13.2 Å². The van der Waals surface area contributed by atoms with E-state index in [9.17, 15) is 18.0 Å². The monoisotopic (exact) mass is 398 g/mol. The highest BCUT2D eigenvalue weighted by Gasteiger charge is 2.30. The summed E-state index contributed by atoms with van der Waals surface area (Å²) in [4.78, 5) is 27.0. The fourth-order valence-electron chi connectivity index (χ4n) is 3.16. The minimum atomic E-state index is -4.40. The highest BCUT2D eigenvalue weighted by molar-refractivity contribution is 5.81. The molecule has 0 N–H and O–H groups in total. The first-order valence-corrected chi connectivity index (χ1v) is 9.15. The van der Waals surface area contributed by atoms with Crippen LogP contribution in [-0.2, 0) is 11.0 Å². The van der Waals surface area contributed by atoms with Gasteiger partial charge in [0.15, 0.2) is 5.82 Å². The maximum absolute atomic E-state index is 12.9. The number of ketones is 1. The average Bonchev–Trinajstić information content (AvgIpc) is 2.74. The Labute approximate surface area is 165 Å². The fraction of sp³-hybridized carbons (Fsp3) is 0.238. The van der Waals surface area contributed by atoms with Gasteiger partial charge >= 0.3 is 6.18 Å². The van der Waals surface area contributed by atoms with Crippen LogP contribution in [0.15, 0.2) is 54.7 Å². The molecule has 8 heteroatoms. The summed E-state index contributed by atoms with van der Waals surface area (Å²) in [7, 11) is 0. The van der Waals surface area contributed by atoms with E-state index in [0.717, 1.165) is 12.1 Å². The first-order chi connectivity index (χ1) is 13.9. The molecule has 148 valence electrons. The zero-order valence-corrected chi connectivity index (χ0v) is 15.4. The van der Waals surface area contributed by atoms with E-state index >= 15 is 0 Å². The topological polar surface area (TPSA) is 59.0 Å². The third kappa shape index (κ3) is 4.26. The van der Waals surface area contributed by atoms with Gasteiger partial charge in [-0.25, -0.2) is 9.97 Å². The van der Waals surface area contributed by atoms with Crippen molar-refractivity contribution in [3.63, 3.8) is 0 Å². The Morgan fingerprint density at radius 3 is 2.24 bits per heavy atom. The number of hydrogen-bond acceptors (Lipinski definition) is 5. The molecule has 0 radical (unpaired) electrons. The number of piperidine rings is 1. The number of anilines is 1. The third-order valence-corrected chi connectivity index (χ3v) is 4.76. The highest BCUT2D eigenvalue weighted by Crippen LogP contribution is 2.31. The third-order valence-electron chi connectivity index (χ3n) is 4.76. The molecule has 2 aromatic heterocycles. The number of Topliss-reactive ketones (excluding diaryl/α,β-unsaturated/α-hetero) is 1. The van der Waals surface area contributed by atoms with Crippen LogP contribution in [0.3, 0.4) is 0 Å². The quantitative estimate of drug-likeness (QED) is 0.655. The number of aromatic nitrogens is 3. The molecule has 3 heterocycles. The molecule has 0 aliphatic carbocycles. The average molecular weight is 398 g/mol. The number of rotatable bonds is 3. The Bertz CT molecular complexity index is 1010. The molecule has 1 aromatic carbocycles. The van der Waals surface area contributed by atoms with Crippen molar-refractivity contribution >= 4 is 11.6 Å². The first kappa shape index (κ1) is 19.0. The predicted molar refractivity (Wildman–Crippen MR) is 102 cm³/mol. The van der Waals surface area contributed by atoms with Gasteiger partial charge in [0.2, 0.25) is 0 Å². The van der Waals surface area contributed by atoms with E-state index in [1.165, 1.54) is 12.1 Å². The summed E-state index contributed by atoms with van der Waals surface area (Å²) >= 11 is 0. The molecule has 0 spiro atoms. The molecule has 1 aliphatic heterocycles. The van der Waals surface area contributed by atoms with Crippen molar-refractivity contribution in [1.29, 1.82) is 0 Å². The zero-order chi connectivity index (χ0) is 20.4. The molecule has 0 bridgehead atoms. The molecule has 4 rings (SSSR count). The predicted octanol–water partition coefficient (Wildman–Crippen LogP) is 4.39. The number of hydrogen-bond donors (Lipinski definition) is 0. The van der Waals surface area contributed by atoms with Gasteiger partial charge in [0.1, 0.15) is 11.6 Å². The molecule has 3 aromatic rings. The van der Waals surface area contributed by atoms with E-state index in [0.29, 0.717) is 54.5 Å². The largest absolute Gasteiger partial charge is 0.416 e. The lowest BCUT2D eigenvalue weighted by molar-refractivity contribution is -0.137. The molecule has 29 heavy (non-hydrogen) atoms. The molecule has 0 saturated carbocycles. The second-order valence-electron chi connectivity index (χ2n) is 6.75. The summed E-state index contributed by atoms with van der Waals surface area (Å²) in [6.07, 6.45) is -1.87. The lowest BCUT2D eigenvalue weighted by atomic mass is 10.1. The Morgan fingerprint density at radius 1 is 0.897 bits per heavy atom. The maximum atomic E-state index is 12.9. The minimum absolute atomic E-state index is 0.211. The first-order valence-electron chi connectivity index (χ1n) is 9.15. The maximum Gasteiger partial charge on any atom is 0.416 e. The molecule has 0 amide bonds. The lowest BCUT2D eigenvalue weighted by Crippen LogP contribution is -2.34. The number of benzene rings is 1. The molecular weight excluding hydrogens is 381 g/mol. The van der Waals surface area contributed by atoms with Crippen LogP contribution >= 0.6 is 0 Å². The van der Waals surface area contributed by atoms with Crippen molar-refractivity contribution in [2.24, 2.45) is 0 Å². The van der Waals surface area contributed by atoms with E-state index in [2.05, 4.69) is 15.0 Å². The van der Waals surface area contributed by atoms with Crippen molar-refractivity contribution in [3.8, 4) is 22.8 Å².